The predicted octanol–water partition coefficient (Wildman–Crippen LogP) is 1.38. The lowest BCUT2D eigenvalue weighted by molar-refractivity contribution is 0.398. The number of anilines is 2. The van der Waals surface area contributed by atoms with E-state index in [1.807, 2.05) is 13.8 Å². The molecule has 1 aromatic rings. The Labute approximate surface area is 77.9 Å². The van der Waals surface area contributed by atoms with Crippen molar-refractivity contribution < 1.29 is 4.74 Å². The van der Waals surface area contributed by atoms with Crippen LogP contribution in [-0.2, 0) is 0 Å². The van der Waals surface area contributed by atoms with E-state index in [9.17, 15) is 0 Å². The molecular formula is C9H15N3O. The molecule has 0 bridgehead atoms. The third-order valence-electron chi connectivity index (χ3n) is 1.82. The maximum absolute atomic E-state index is 5.75. The highest BCUT2D eigenvalue weighted by atomic mass is 16.5. The van der Waals surface area contributed by atoms with Gasteiger partial charge in [0.15, 0.2) is 0 Å². The summed E-state index contributed by atoms with van der Waals surface area (Å²) >= 11 is 0. The third kappa shape index (κ3) is 1.83. The van der Waals surface area contributed by atoms with E-state index in [1.165, 1.54) is 0 Å². The summed E-state index contributed by atoms with van der Waals surface area (Å²) in [6, 6.07) is 1.68. The molecule has 0 aromatic carbocycles. The molecular weight excluding hydrogens is 166 g/mol. The SMILES string of the molecule is COc1nc(C(C)C)c(N)cc1N. The molecule has 0 saturated heterocycles. The van der Waals surface area contributed by atoms with E-state index in [4.69, 9.17) is 16.2 Å². The molecule has 1 heterocycles. The zero-order chi connectivity index (χ0) is 10.0. The van der Waals surface area contributed by atoms with Crippen LogP contribution in [0, 0.1) is 0 Å². The van der Waals surface area contributed by atoms with Gasteiger partial charge in [0.05, 0.1) is 24.2 Å². The number of rotatable bonds is 2. The highest BCUT2D eigenvalue weighted by Gasteiger charge is 2.10. The average Bonchev–Trinajstić information content (AvgIpc) is 2.03. The molecule has 0 radical (unpaired) electrons. The van der Waals surface area contributed by atoms with E-state index >= 15 is 0 Å². The first-order chi connectivity index (χ1) is 6.06. The second-order valence-corrected chi connectivity index (χ2v) is 3.22. The number of methoxy groups -OCH3 is 1. The molecule has 13 heavy (non-hydrogen) atoms. The molecule has 0 aliphatic carbocycles. The monoisotopic (exact) mass is 181 g/mol. The van der Waals surface area contributed by atoms with Gasteiger partial charge < -0.3 is 16.2 Å². The molecule has 1 aromatic heterocycles. The lowest BCUT2D eigenvalue weighted by Crippen LogP contribution is -2.04. The molecule has 1 rings (SSSR count). The highest BCUT2D eigenvalue weighted by Crippen LogP contribution is 2.27. The predicted molar refractivity (Wildman–Crippen MR) is 53.7 cm³/mol. The minimum atomic E-state index is 0.273. The average molecular weight is 181 g/mol. The van der Waals surface area contributed by atoms with Crippen LogP contribution >= 0.6 is 0 Å². The first kappa shape index (κ1) is 9.64. The van der Waals surface area contributed by atoms with Crippen LogP contribution < -0.4 is 16.2 Å². The van der Waals surface area contributed by atoms with Gasteiger partial charge in [-0.2, -0.15) is 0 Å². The standard InChI is InChI=1S/C9H15N3O/c1-5(2)8-6(10)4-7(11)9(12-8)13-3/h4-5H,10-11H2,1-3H3. The molecule has 4 heteroatoms. The summed E-state index contributed by atoms with van der Waals surface area (Å²) in [6.07, 6.45) is 0. The van der Waals surface area contributed by atoms with Gasteiger partial charge in [-0.3, -0.25) is 0 Å². The second-order valence-electron chi connectivity index (χ2n) is 3.22. The van der Waals surface area contributed by atoms with Crippen LogP contribution in [0.15, 0.2) is 6.07 Å². The number of pyridine rings is 1. The van der Waals surface area contributed by atoms with Crippen LogP contribution in [-0.4, -0.2) is 12.1 Å². The molecule has 0 fully saturated rings. The molecule has 0 atom stereocenters. The van der Waals surface area contributed by atoms with Gasteiger partial charge in [-0.25, -0.2) is 4.98 Å². The molecule has 0 spiro atoms. The Morgan fingerprint density at radius 3 is 2.38 bits per heavy atom. The van der Waals surface area contributed by atoms with Crippen molar-refractivity contribution in [1.29, 1.82) is 0 Å². The van der Waals surface area contributed by atoms with Crippen molar-refractivity contribution in [3.63, 3.8) is 0 Å². The van der Waals surface area contributed by atoms with Gasteiger partial charge in [0.2, 0.25) is 5.88 Å². The highest BCUT2D eigenvalue weighted by molar-refractivity contribution is 5.60. The Hall–Kier alpha value is -1.45. The zero-order valence-corrected chi connectivity index (χ0v) is 8.16. The van der Waals surface area contributed by atoms with E-state index in [1.54, 1.807) is 13.2 Å². The van der Waals surface area contributed by atoms with Crippen LogP contribution in [0.5, 0.6) is 5.88 Å². The van der Waals surface area contributed by atoms with Crippen molar-refractivity contribution in [2.24, 2.45) is 0 Å². The molecule has 0 aliphatic rings. The van der Waals surface area contributed by atoms with Crippen molar-refractivity contribution in [2.75, 3.05) is 18.6 Å². The molecule has 0 saturated carbocycles. The molecule has 0 aliphatic heterocycles. The van der Waals surface area contributed by atoms with Crippen LogP contribution in [0.2, 0.25) is 0 Å². The fraction of sp³-hybridized carbons (Fsp3) is 0.444. The minimum Gasteiger partial charge on any atom is -0.480 e. The molecule has 4 nitrogen and oxygen atoms in total. The van der Waals surface area contributed by atoms with E-state index in [0.29, 0.717) is 17.3 Å². The number of nitrogen functional groups attached to an aromatic ring is 2. The summed E-state index contributed by atoms with van der Waals surface area (Å²) in [5.74, 6) is 0.715. The number of ether oxygens (including phenoxy) is 1. The van der Waals surface area contributed by atoms with Crippen molar-refractivity contribution in [1.82, 2.24) is 4.98 Å². The summed E-state index contributed by atoms with van der Waals surface area (Å²) in [5.41, 5.74) is 13.3. The summed E-state index contributed by atoms with van der Waals surface area (Å²) in [5, 5.41) is 0. The lowest BCUT2D eigenvalue weighted by Gasteiger charge is -2.11. The van der Waals surface area contributed by atoms with Gasteiger partial charge in [-0.05, 0) is 12.0 Å². The van der Waals surface area contributed by atoms with Gasteiger partial charge >= 0.3 is 0 Å². The second kappa shape index (κ2) is 3.51. The Kier molecular flexibility index (Phi) is 2.60. The number of hydrogen-bond donors (Lipinski definition) is 2. The normalized spacial score (nSPS) is 10.5. The smallest absolute Gasteiger partial charge is 0.237 e. The third-order valence-corrected chi connectivity index (χ3v) is 1.82. The van der Waals surface area contributed by atoms with Crippen LogP contribution in [0.25, 0.3) is 0 Å². The quantitative estimate of drug-likeness (QED) is 0.722. The largest absolute Gasteiger partial charge is 0.480 e. The van der Waals surface area contributed by atoms with E-state index in [0.717, 1.165) is 5.69 Å². The van der Waals surface area contributed by atoms with Gasteiger partial charge in [0.1, 0.15) is 0 Å². The first-order valence-corrected chi connectivity index (χ1v) is 4.16. The fourth-order valence-corrected chi connectivity index (χ4v) is 1.17. The van der Waals surface area contributed by atoms with Crippen LogP contribution in [0.1, 0.15) is 25.5 Å². The summed E-state index contributed by atoms with van der Waals surface area (Å²) < 4.78 is 5.00. The fourth-order valence-electron chi connectivity index (χ4n) is 1.17. The number of hydrogen-bond acceptors (Lipinski definition) is 4. The first-order valence-electron chi connectivity index (χ1n) is 4.16. The van der Waals surface area contributed by atoms with E-state index in [-0.39, 0.29) is 5.92 Å². The number of nitrogens with zero attached hydrogens (tertiary/aromatic N) is 1. The van der Waals surface area contributed by atoms with E-state index in [2.05, 4.69) is 4.98 Å². The van der Waals surface area contributed by atoms with Gasteiger partial charge in [0.25, 0.3) is 0 Å². The Balaban J connectivity index is 3.22. The van der Waals surface area contributed by atoms with Crippen molar-refractivity contribution in [3.8, 4) is 5.88 Å². The molecule has 0 amide bonds. The maximum atomic E-state index is 5.75. The Bertz CT molecular complexity index is 310. The molecule has 0 unspecified atom stereocenters. The summed E-state index contributed by atoms with van der Waals surface area (Å²) in [4.78, 5) is 4.22. The van der Waals surface area contributed by atoms with Crippen LogP contribution in [0.3, 0.4) is 0 Å². The molecule has 72 valence electrons. The van der Waals surface area contributed by atoms with Crippen LogP contribution in [0.4, 0.5) is 11.4 Å². The number of nitrogens with two attached hydrogens (primary N) is 2. The zero-order valence-electron chi connectivity index (χ0n) is 8.16. The van der Waals surface area contributed by atoms with Crippen molar-refractivity contribution in [3.05, 3.63) is 11.8 Å². The van der Waals surface area contributed by atoms with Gasteiger partial charge in [-0.1, -0.05) is 13.8 Å². The Morgan fingerprint density at radius 2 is 1.92 bits per heavy atom. The number of aromatic nitrogens is 1. The van der Waals surface area contributed by atoms with Gasteiger partial charge in [-0.15, -0.1) is 0 Å². The van der Waals surface area contributed by atoms with E-state index < -0.39 is 0 Å². The summed E-state index contributed by atoms with van der Waals surface area (Å²) in [6.45, 7) is 4.04. The molecule has 4 N–H and O–H groups in total. The minimum absolute atomic E-state index is 0.273. The summed E-state index contributed by atoms with van der Waals surface area (Å²) in [7, 11) is 1.54. The van der Waals surface area contributed by atoms with Crippen molar-refractivity contribution in [2.45, 2.75) is 19.8 Å². The Morgan fingerprint density at radius 1 is 1.31 bits per heavy atom. The van der Waals surface area contributed by atoms with Crippen molar-refractivity contribution >= 4 is 11.4 Å². The maximum Gasteiger partial charge on any atom is 0.237 e. The lowest BCUT2D eigenvalue weighted by atomic mass is 10.1. The van der Waals surface area contributed by atoms with Gasteiger partial charge in [0, 0.05) is 0 Å². The topological polar surface area (TPSA) is 74.2 Å².